The molecule has 0 bridgehead atoms. The van der Waals surface area contributed by atoms with Crippen molar-refractivity contribution >= 4 is 0 Å². The van der Waals surface area contributed by atoms with E-state index in [0.29, 0.717) is 5.70 Å². The van der Waals surface area contributed by atoms with E-state index in [1.54, 1.807) is 13.2 Å². The van der Waals surface area contributed by atoms with Crippen molar-refractivity contribution < 1.29 is 5.11 Å². The second kappa shape index (κ2) is 3.49. The van der Waals surface area contributed by atoms with Gasteiger partial charge in [0.05, 0.1) is 6.61 Å². The maximum atomic E-state index is 8.23. The van der Waals surface area contributed by atoms with Crippen molar-refractivity contribution in [2.24, 2.45) is 5.73 Å². The summed E-state index contributed by atoms with van der Waals surface area (Å²) in [7, 11) is 1.72. The Labute approximate surface area is 42.8 Å². The fourth-order valence-electron chi connectivity index (χ4n) is 0.231. The lowest BCUT2D eigenvalue weighted by Gasteiger charge is -1.91. The Kier molecular flexibility index (Phi) is 3.14. The fourth-order valence-corrected chi connectivity index (χ4v) is 0.231. The molecular formula is C4H10N2O. The van der Waals surface area contributed by atoms with Gasteiger partial charge < -0.3 is 16.2 Å². The van der Waals surface area contributed by atoms with Gasteiger partial charge in [-0.15, -0.1) is 0 Å². The molecular weight excluding hydrogens is 92.1 g/mol. The van der Waals surface area contributed by atoms with E-state index in [1.165, 1.54) is 0 Å². The smallest absolute Gasteiger partial charge is 0.0840 e. The first-order valence-corrected chi connectivity index (χ1v) is 2.04. The summed E-state index contributed by atoms with van der Waals surface area (Å²) in [5.74, 6) is 0. The van der Waals surface area contributed by atoms with Crippen LogP contribution in [-0.2, 0) is 0 Å². The number of aliphatic hydroxyl groups excluding tert-OH is 1. The first kappa shape index (κ1) is 6.30. The van der Waals surface area contributed by atoms with Gasteiger partial charge in [-0.25, -0.2) is 0 Å². The van der Waals surface area contributed by atoms with E-state index in [1.807, 2.05) is 0 Å². The van der Waals surface area contributed by atoms with Gasteiger partial charge in [0.1, 0.15) is 0 Å². The zero-order valence-electron chi connectivity index (χ0n) is 4.31. The minimum Gasteiger partial charge on any atom is -0.399 e. The molecule has 0 aromatic rings. The Morgan fingerprint density at radius 1 is 2.00 bits per heavy atom. The van der Waals surface area contributed by atoms with Crippen molar-refractivity contribution in [3.8, 4) is 0 Å². The molecule has 0 rings (SSSR count). The first-order chi connectivity index (χ1) is 3.31. The number of aliphatic hydroxyl groups is 1. The lowest BCUT2D eigenvalue weighted by molar-refractivity contribution is 0.329. The number of nitrogens with two attached hydrogens (primary N) is 1. The quantitative estimate of drug-likeness (QED) is 0.419. The van der Waals surface area contributed by atoms with Gasteiger partial charge in [-0.1, -0.05) is 0 Å². The first-order valence-electron chi connectivity index (χ1n) is 2.04. The SMILES string of the molecule is CN/C=C(\N)CO. The van der Waals surface area contributed by atoms with Crippen molar-refractivity contribution in [2.45, 2.75) is 0 Å². The van der Waals surface area contributed by atoms with Crippen LogP contribution in [0.15, 0.2) is 11.9 Å². The highest BCUT2D eigenvalue weighted by Crippen LogP contribution is 1.71. The Morgan fingerprint density at radius 3 is 2.71 bits per heavy atom. The molecule has 0 aromatic carbocycles. The summed E-state index contributed by atoms with van der Waals surface area (Å²) in [4.78, 5) is 0. The molecule has 0 radical (unpaired) electrons. The van der Waals surface area contributed by atoms with Crippen LogP contribution in [0.3, 0.4) is 0 Å². The number of nitrogens with one attached hydrogen (secondary N) is 1. The highest BCUT2D eigenvalue weighted by atomic mass is 16.3. The molecule has 0 saturated heterocycles. The van der Waals surface area contributed by atoms with Gasteiger partial charge >= 0.3 is 0 Å². The second-order valence-corrected chi connectivity index (χ2v) is 1.17. The molecule has 0 aliphatic heterocycles. The Hall–Kier alpha value is -0.700. The van der Waals surface area contributed by atoms with E-state index in [2.05, 4.69) is 5.32 Å². The largest absolute Gasteiger partial charge is 0.399 e. The molecule has 0 spiro atoms. The molecule has 0 saturated carbocycles. The van der Waals surface area contributed by atoms with Gasteiger partial charge in [0.25, 0.3) is 0 Å². The molecule has 0 fully saturated rings. The van der Waals surface area contributed by atoms with Crippen LogP contribution in [0.5, 0.6) is 0 Å². The van der Waals surface area contributed by atoms with Crippen molar-refractivity contribution in [1.29, 1.82) is 0 Å². The molecule has 0 aliphatic carbocycles. The van der Waals surface area contributed by atoms with E-state index < -0.39 is 0 Å². The summed E-state index contributed by atoms with van der Waals surface area (Å²) < 4.78 is 0. The summed E-state index contributed by atoms with van der Waals surface area (Å²) in [6, 6.07) is 0. The third-order valence-electron chi connectivity index (χ3n) is 0.512. The molecule has 0 heterocycles. The molecule has 0 atom stereocenters. The van der Waals surface area contributed by atoms with Gasteiger partial charge in [-0.2, -0.15) is 0 Å². The Balaban J connectivity index is 3.29. The van der Waals surface area contributed by atoms with Crippen LogP contribution < -0.4 is 11.1 Å². The highest BCUT2D eigenvalue weighted by Gasteiger charge is 1.77. The summed E-state index contributed by atoms with van der Waals surface area (Å²) in [6.45, 7) is -0.0825. The predicted octanol–water partition coefficient (Wildman–Crippen LogP) is -1.00. The van der Waals surface area contributed by atoms with Gasteiger partial charge in [0.2, 0.25) is 0 Å². The van der Waals surface area contributed by atoms with Crippen molar-refractivity contribution in [3.05, 3.63) is 11.9 Å². The van der Waals surface area contributed by atoms with E-state index in [9.17, 15) is 0 Å². The van der Waals surface area contributed by atoms with Crippen molar-refractivity contribution in [1.82, 2.24) is 5.32 Å². The van der Waals surface area contributed by atoms with Gasteiger partial charge in [0.15, 0.2) is 0 Å². The zero-order chi connectivity index (χ0) is 5.70. The van der Waals surface area contributed by atoms with Gasteiger partial charge in [0, 0.05) is 18.9 Å². The van der Waals surface area contributed by atoms with Crippen LogP contribution in [0.2, 0.25) is 0 Å². The summed E-state index contributed by atoms with van der Waals surface area (Å²) in [5, 5.41) is 10.9. The lowest BCUT2D eigenvalue weighted by atomic mass is 10.5. The lowest BCUT2D eigenvalue weighted by Crippen LogP contribution is -2.07. The van der Waals surface area contributed by atoms with Crippen LogP contribution in [0.1, 0.15) is 0 Å². The van der Waals surface area contributed by atoms with E-state index in [0.717, 1.165) is 0 Å². The van der Waals surface area contributed by atoms with E-state index >= 15 is 0 Å². The molecule has 3 nitrogen and oxygen atoms in total. The predicted molar refractivity (Wildman–Crippen MR) is 28.4 cm³/mol. The Bertz CT molecular complexity index is 70.1. The number of hydrogen-bond acceptors (Lipinski definition) is 3. The van der Waals surface area contributed by atoms with Crippen LogP contribution >= 0.6 is 0 Å². The van der Waals surface area contributed by atoms with Crippen molar-refractivity contribution in [2.75, 3.05) is 13.7 Å². The Morgan fingerprint density at radius 2 is 2.57 bits per heavy atom. The maximum Gasteiger partial charge on any atom is 0.0840 e. The average molecular weight is 102 g/mol. The topological polar surface area (TPSA) is 58.3 Å². The van der Waals surface area contributed by atoms with E-state index in [4.69, 9.17) is 10.8 Å². The molecule has 3 heteroatoms. The van der Waals surface area contributed by atoms with Gasteiger partial charge in [-0.05, 0) is 0 Å². The molecule has 4 N–H and O–H groups in total. The van der Waals surface area contributed by atoms with Crippen LogP contribution in [-0.4, -0.2) is 18.8 Å². The van der Waals surface area contributed by atoms with Crippen LogP contribution in [0.25, 0.3) is 0 Å². The van der Waals surface area contributed by atoms with E-state index in [-0.39, 0.29) is 6.61 Å². The van der Waals surface area contributed by atoms with Gasteiger partial charge in [-0.3, -0.25) is 0 Å². The summed E-state index contributed by atoms with van der Waals surface area (Å²) in [6.07, 6.45) is 1.54. The second-order valence-electron chi connectivity index (χ2n) is 1.17. The molecule has 0 amide bonds. The molecule has 0 aliphatic rings. The minimum absolute atomic E-state index is 0.0825. The van der Waals surface area contributed by atoms with Crippen molar-refractivity contribution in [3.63, 3.8) is 0 Å². The normalized spacial score (nSPS) is 11.4. The maximum absolute atomic E-state index is 8.23. The number of hydrogen-bond donors (Lipinski definition) is 3. The fraction of sp³-hybridized carbons (Fsp3) is 0.500. The third-order valence-corrected chi connectivity index (χ3v) is 0.512. The molecule has 42 valence electrons. The zero-order valence-corrected chi connectivity index (χ0v) is 4.31. The monoisotopic (exact) mass is 102 g/mol. The molecule has 7 heavy (non-hydrogen) atoms. The highest BCUT2D eigenvalue weighted by molar-refractivity contribution is 4.92. The van der Waals surface area contributed by atoms with Crippen LogP contribution in [0.4, 0.5) is 0 Å². The number of rotatable bonds is 2. The average Bonchev–Trinajstić information content (AvgIpc) is 1.68. The summed E-state index contributed by atoms with van der Waals surface area (Å²) in [5.41, 5.74) is 5.58. The minimum atomic E-state index is -0.0825. The summed E-state index contributed by atoms with van der Waals surface area (Å²) >= 11 is 0. The third kappa shape index (κ3) is 3.12. The standard InChI is InChI=1S/C4H10N2O/c1-6-2-4(5)3-7/h2,6-7H,3,5H2,1H3/b4-2-. The molecule has 0 unspecified atom stereocenters. The molecule has 0 aromatic heterocycles. The van der Waals surface area contributed by atoms with Crippen LogP contribution in [0, 0.1) is 0 Å².